The summed E-state index contributed by atoms with van der Waals surface area (Å²) < 4.78 is 15.5. The van der Waals surface area contributed by atoms with Crippen LogP contribution in [0.25, 0.3) is 11.7 Å². The molecule has 0 aliphatic heterocycles. The molecule has 0 aliphatic rings. The zero-order chi connectivity index (χ0) is 13.8. The fraction of sp³-hybridized carbons (Fsp3) is 0.0714. The zero-order valence-electron chi connectivity index (χ0n) is 10.4. The molecule has 2 aromatic heterocycles. The van der Waals surface area contributed by atoms with E-state index in [1.807, 2.05) is 6.07 Å². The molecule has 0 saturated heterocycles. The fourth-order valence-corrected chi connectivity index (χ4v) is 1.60. The van der Waals surface area contributed by atoms with Crippen LogP contribution in [0.15, 0.2) is 57.6 Å². The second kappa shape index (κ2) is 5.40. The zero-order valence-corrected chi connectivity index (χ0v) is 10.4. The number of carbonyl (C=O) groups is 1. The minimum absolute atomic E-state index is 0.0819. The molecule has 100 valence electrons. The molecule has 0 atom stereocenters. The van der Waals surface area contributed by atoms with Gasteiger partial charge in [0.2, 0.25) is 0 Å². The molecular weight excluding hydrogens is 260 g/mol. The lowest BCUT2D eigenvalue weighted by Crippen LogP contribution is -2.05. The fourth-order valence-electron chi connectivity index (χ4n) is 1.60. The van der Waals surface area contributed by atoms with Gasteiger partial charge in [-0.15, -0.1) is 10.2 Å². The van der Waals surface area contributed by atoms with E-state index in [4.69, 9.17) is 13.6 Å². The van der Waals surface area contributed by atoms with Crippen molar-refractivity contribution in [3.05, 3.63) is 60.2 Å². The Morgan fingerprint density at radius 2 is 1.95 bits per heavy atom. The first-order chi connectivity index (χ1) is 9.83. The number of ether oxygens (including phenoxy) is 1. The average Bonchev–Trinajstić information content (AvgIpc) is 3.16. The summed E-state index contributed by atoms with van der Waals surface area (Å²) in [5.74, 6) is 0.489. The van der Waals surface area contributed by atoms with Gasteiger partial charge in [0.25, 0.3) is 11.8 Å². The van der Waals surface area contributed by atoms with E-state index in [1.54, 1.807) is 36.4 Å². The third-order valence-electron chi connectivity index (χ3n) is 2.54. The average molecular weight is 270 g/mol. The van der Waals surface area contributed by atoms with Crippen LogP contribution in [-0.2, 0) is 11.3 Å². The molecule has 0 radical (unpaired) electrons. The van der Waals surface area contributed by atoms with Gasteiger partial charge < -0.3 is 13.6 Å². The van der Waals surface area contributed by atoms with Crippen molar-refractivity contribution in [3.63, 3.8) is 0 Å². The van der Waals surface area contributed by atoms with Crippen molar-refractivity contribution in [2.75, 3.05) is 0 Å². The molecular formula is C14H10N2O4. The number of benzene rings is 1. The van der Waals surface area contributed by atoms with E-state index < -0.39 is 5.97 Å². The van der Waals surface area contributed by atoms with Crippen molar-refractivity contribution in [2.24, 2.45) is 0 Å². The number of hydrogen-bond acceptors (Lipinski definition) is 6. The lowest BCUT2D eigenvalue weighted by atomic mass is 10.2. The standard InChI is InChI=1S/C14H10N2O4/c17-14(10-5-2-1-3-6-10)19-9-12-15-16-13(20-12)11-7-4-8-18-11/h1-8H,9H2. The predicted octanol–water partition coefficient (Wildman–Crippen LogP) is 2.69. The van der Waals surface area contributed by atoms with Gasteiger partial charge in [0.15, 0.2) is 12.4 Å². The number of carbonyl (C=O) groups excluding carboxylic acids is 1. The maximum Gasteiger partial charge on any atom is 0.338 e. The summed E-state index contributed by atoms with van der Waals surface area (Å²) in [6.07, 6.45) is 1.51. The first-order valence-corrected chi connectivity index (χ1v) is 5.91. The molecule has 0 amide bonds. The van der Waals surface area contributed by atoms with Crippen LogP contribution in [0.3, 0.4) is 0 Å². The van der Waals surface area contributed by atoms with Crippen LogP contribution >= 0.6 is 0 Å². The number of nitrogens with zero attached hydrogens (tertiary/aromatic N) is 2. The van der Waals surface area contributed by atoms with E-state index >= 15 is 0 Å². The first kappa shape index (κ1) is 12.2. The van der Waals surface area contributed by atoms with Gasteiger partial charge >= 0.3 is 5.97 Å². The SMILES string of the molecule is O=C(OCc1nnc(-c2ccco2)o1)c1ccccc1. The van der Waals surface area contributed by atoms with Crippen LogP contribution in [0.5, 0.6) is 0 Å². The summed E-state index contributed by atoms with van der Waals surface area (Å²) in [7, 11) is 0. The number of hydrogen-bond donors (Lipinski definition) is 0. The topological polar surface area (TPSA) is 78.4 Å². The molecule has 0 spiro atoms. The van der Waals surface area contributed by atoms with E-state index in [1.165, 1.54) is 6.26 Å². The number of aromatic nitrogens is 2. The molecule has 3 rings (SSSR count). The van der Waals surface area contributed by atoms with Gasteiger partial charge in [0, 0.05) is 0 Å². The van der Waals surface area contributed by atoms with Gasteiger partial charge in [0.1, 0.15) is 0 Å². The van der Waals surface area contributed by atoms with E-state index in [9.17, 15) is 4.79 Å². The monoisotopic (exact) mass is 270 g/mol. The van der Waals surface area contributed by atoms with Crippen LogP contribution in [-0.4, -0.2) is 16.2 Å². The lowest BCUT2D eigenvalue weighted by Gasteiger charge is -2.00. The van der Waals surface area contributed by atoms with Crippen LogP contribution in [0.2, 0.25) is 0 Å². The minimum atomic E-state index is -0.441. The molecule has 2 heterocycles. The normalized spacial score (nSPS) is 10.4. The smallest absolute Gasteiger partial charge is 0.338 e. The van der Waals surface area contributed by atoms with Crippen molar-refractivity contribution in [1.82, 2.24) is 10.2 Å². The van der Waals surface area contributed by atoms with E-state index in [0.29, 0.717) is 11.3 Å². The van der Waals surface area contributed by atoms with Gasteiger partial charge in [0.05, 0.1) is 11.8 Å². The molecule has 0 N–H and O–H groups in total. The highest BCUT2D eigenvalue weighted by Gasteiger charge is 2.13. The minimum Gasteiger partial charge on any atom is -0.459 e. The molecule has 1 aromatic carbocycles. The second-order valence-electron chi connectivity index (χ2n) is 3.92. The van der Waals surface area contributed by atoms with E-state index in [0.717, 1.165) is 0 Å². The molecule has 0 aliphatic carbocycles. The second-order valence-corrected chi connectivity index (χ2v) is 3.92. The van der Waals surface area contributed by atoms with Gasteiger partial charge in [-0.1, -0.05) is 18.2 Å². The molecule has 6 heteroatoms. The molecule has 20 heavy (non-hydrogen) atoms. The van der Waals surface area contributed by atoms with Crippen LogP contribution in [0.4, 0.5) is 0 Å². The van der Waals surface area contributed by atoms with Crippen molar-refractivity contribution in [3.8, 4) is 11.7 Å². The molecule has 0 bridgehead atoms. The first-order valence-electron chi connectivity index (χ1n) is 5.91. The Morgan fingerprint density at radius 3 is 2.70 bits per heavy atom. The Balaban J connectivity index is 1.63. The molecule has 0 fully saturated rings. The Morgan fingerprint density at radius 1 is 1.10 bits per heavy atom. The van der Waals surface area contributed by atoms with E-state index in [2.05, 4.69) is 10.2 Å². The molecule has 0 unspecified atom stereocenters. The summed E-state index contributed by atoms with van der Waals surface area (Å²) in [4.78, 5) is 11.7. The third kappa shape index (κ3) is 2.59. The Bertz CT molecular complexity index is 689. The highest BCUT2D eigenvalue weighted by molar-refractivity contribution is 5.89. The maximum atomic E-state index is 11.7. The summed E-state index contributed by atoms with van der Waals surface area (Å²) in [6.45, 7) is -0.0819. The largest absolute Gasteiger partial charge is 0.459 e. The number of furan rings is 1. The summed E-state index contributed by atoms with van der Waals surface area (Å²) >= 11 is 0. The van der Waals surface area contributed by atoms with Crippen LogP contribution in [0, 0.1) is 0 Å². The highest BCUT2D eigenvalue weighted by atomic mass is 16.5. The third-order valence-corrected chi connectivity index (χ3v) is 2.54. The van der Waals surface area contributed by atoms with Gasteiger partial charge in [-0.25, -0.2) is 4.79 Å². The number of esters is 1. The van der Waals surface area contributed by atoms with E-state index in [-0.39, 0.29) is 18.4 Å². The quantitative estimate of drug-likeness (QED) is 0.678. The number of rotatable bonds is 4. The maximum absolute atomic E-state index is 11.7. The summed E-state index contributed by atoms with van der Waals surface area (Å²) in [5.41, 5.74) is 0.471. The summed E-state index contributed by atoms with van der Waals surface area (Å²) in [5, 5.41) is 7.59. The van der Waals surface area contributed by atoms with Gasteiger partial charge in [-0.2, -0.15) is 0 Å². The van der Waals surface area contributed by atoms with Gasteiger partial charge in [-0.05, 0) is 24.3 Å². The molecule has 6 nitrogen and oxygen atoms in total. The van der Waals surface area contributed by atoms with Crippen molar-refractivity contribution < 1.29 is 18.4 Å². The van der Waals surface area contributed by atoms with Crippen LogP contribution in [0.1, 0.15) is 16.2 Å². The molecule has 0 saturated carbocycles. The lowest BCUT2D eigenvalue weighted by molar-refractivity contribution is 0.0438. The Kier molecular flexibility index (Phi) is 3.28. The highest BCUT2D eigenvalue weighted by Crippen LogP contribution is 2.18. The van der Waals surface area contributed by atoms with Crippen molar-refractivity contribution in [1.29, 1.82) is 0 Å². The van der Waals surface area contributed by atoms with Crippen LogP contribution < -0.4 is 0 Å². The van der Waals surface area contributed by atoms with Crippen molar-refractivity contribution in [2.45, 2.75) is 6.61 Å². The van der Waals surface area contributed by atoms with Gasteiger partial charge in [-0.3, -0.25) is 0 Å². The predicted molar refractivity (Wildman–Crippen MR) is 67.6 cm³/mol. The van der Waals surface area contributed by atoms with Crippen molar-refractivity contribution >= 4 is 5.97 Å². The Labute approximate surface area is 114 Å². The Hall–Kier alpha value is -2.89. The summed E-state index contributed by atoms with van der Waals surface area (Å²) in [6, 6.07) is 12.1. The molecule has 3 aromatic rings.